The summed E-state index contributed by atoms with van der Waals surface area (Å²) in [4.78, 5) is 22.8. The minimum atomic E-state index is -0.825. The SMILES string of the molecule is CC(=O)OC[C@H](CO)c1c(OCc2ccccc2)cc(COCc2ccccc2)cc1[N+](=O)[O-]. The zero-order valence-electron chi connectivity index (χ0n) is 18.9. The van der Waals surface area contributed by atoms with Gasteiger partial charge in [0.2, 0.25) is 0 Å². The summed E-state index contributed by atoms with van der Waals surface area (Å²) in [6.45, 7) is 1.22. The molecule has 3 rings (SSSR count). The predicted molar refractivity (Wildman–Crippen MR) is 125 cm³/mol. The van der Waals surface area contributed by atoms with Crippen molar-refractivity contribution in [3.05, 3.63) is 105 Å². The number of rotatable bonds is 12. The van der Waals surface area contributed by atoms with Crippen LogP contribution in [0, 0.1) is 10.1 Å². The number of esters is 1. The van der Waals surface area contributed by atoms with Crippen LogP contribution in [0.4, 0.5) is 5.69 Å². The normalized spacial score (nSPS) is 11.6. The molecule has 0 aromatic heterocycles. The molecule has 0 aliphatic carbocycles. The van der Waals surface area contributed by atoms with Crippen LogP contribution >= 0.6 is 0 Å². The van der Waals surface area contributed by atoms with Crippen LogP contribution in [0.1, 0.15) is 35.1 Å². The van der Waals surface area contributed by atoms with E-state index in [1.807, 2.05) is 60.7 Å². The monoisotopic (exact) mass is 465 g/mol. The van der Waals surface area contributed by atoms with Gasteiger partial charge in [-0.25, -0.2) is 0 Å². The lowest BCUT2D eigenvalue weighted by Gasteiger charge is -2.20. The molecule has 1 atom stereocenters. The number of nitro benzene ring substituents is 1. The Hall–Kier alpha value is -3.75. The quantitative estimate of drug-likeness (QED) is 0.238. The zero-order chi connectivity index (χ0) is 24.3. The van der Waals surface area contributed by atoms with E-state index in [2.05, 4.69) is 0 Å². The number of nitrogens with zero attached hydrogens (tertiary/aromatic N) is 1. The smallest absolute Gasteiger partial charge is 0.302 e. The molecule has 1 N–H and O–H groups in total. The maximum absolute atomic E-state index is 12.0. The van der Waals surface area contributed by atoms with Gasteiger partial charge >= 0.3 is 5.97 Å². The molecule has 34 heavy (non-hydrogen) atoms. The van der Waals surface area contributed by atoms with Crippen LogP contribution in [-0.2, 0) is 34.1 Å². The van der Waals surface area contributed by atoms with Gasteiger partial charge in [0.05, 0.1) is 36.2 Å². The second-order valence-electron chi connectivity index (χ2n) is 7.72. The van der Waals surface area contributed by atoms with Crippen LogP contribution in [0.3, 0.4) is 0 Å². The van der Waals surface area contributed by atoms with E-state index in [-0.39, 0.29) is 36.8 Å². The van der Waals surface area contributed by atoms with Gasteiger partial charge in [0.25, 0.3) is 5.69 Å². The van der Waals surface area contributed by atoms with E-state index < -0.39 is 23.4 Å². The van der Waals surface area contributed by atoms with E-state index >= 15 is 0 Å². The summed E-state index contributed by atoms with van der Waals surface area (Å²) in [6.07, 6.45) is 0. The summed E-state index contributed by atoms with van der Waals surface area (Å²) in [5, 5.41) is 21.9. The average molecular weight is 466 g/mol. The lowest BCUT2D eigenvalue weighted by atomic mass is 9.95. The highest BCUT2D eigenvalue weighted by Gasteiger charge is 2.29. The van der Waals surface area contributed by atoms with E-state index in [1.54, 1.807) is 6.07 Å². The van der Waals surface area contributed by atoms with Crippen LogP contribution in [0.25, 0.3) is 0 Å². The number of aliphatic hydroxyl groups excluding tert-OH is 1. The molecule has 0 aliphatic heterocycles. The molecule has 0 radical (unpaired) electrons. The third-order valence-corrected chi connectivity index (χ3v) is 5.11. The number of ether oxygens (including phenoxy) is 3. The fourth-order valence-corrected chi connectivity index (χ4v) is 3.47. The van der Waals surface area contributed by atoms with Crippen molar-refractivity contribution in [2.75, 3.05) is 13.2 Å². The van der Waals surface area contributed by atoms with Crippen molar-refractivity contribution < 1.29 is 29.0 Å². The number of carbonyl (C=O) groups excluding carboxylic acids is 1. The Bertz CT molecular complexity index is 1090. The fourth-order valence-electron chi connectivity index (χ4n) is 3.47. The first kappa shape index (κ1) is 24.9. The van der Waals surface area contributed by atoms with Gasteiger partial charge in [0.1, 0.15) is 19.0 Å². The van der Waals surface area contributed by atoms with Gasteiger partial charge in [0.15, 0.2) is 0 Å². The standard InChI is InChI=1S/C26H27NO7/c1-19(29)33-18-23(14-28)26-24(27(30)31)12-22(16-32-15-20-8-4-2-5-9-20)13-25(26)34-17-21-10-6-3-7-11-21/h2-13,23,28H,14-18H2,1H3/t23-/m0/s1. The van der Waals surface area contributed by atoms with E-state index in [1.165, 1.54) is 13.0 Å². The van der Waals surface area contributed by atoms with Gasteiger partial charge in [-0.05, 0) is 22.8 Å². The van der Waals surface area contributed by atoms with Crippen LogP contribution in [0.2, 0.25) is 0 Å². The molecule has 0 bridgehead atoms. The molecular formula is C26H27NO7. The Morgan fingerprint density at radius 2 is 1.53 bits per heavy atom. The molecule has 8 heteroatoms. The van der Waals surface area contributed by atoms with E-state index in [9.17, 15) is 20.0 Å². The van der Waals surface area contributed by atoms with Crippen molar-refractivity contribution in [1.29, 1.82) is 0 Å². The lowest BCUT2D eigenvalue weighted by molar-refractivity contribution is -0.386. The molecule has 3 aromatic carbocycles. The van der Waals surface area contributed by atoms with Crippen LogP contribution in [-0.4, -0.2) is 29.2 Å². The molecule has 8 nitrogen and oxygen atoms in total. The molecule has 0 spiro atoms. The third-order valence-electron chi connectivity index (χ3n) is 5.11. The van der Waals surface area contributed by atoms with Gasteiger partial charge in [-0.3, -0.25) is 14.9 Å². The Balaban J connectivity index is 1.91. The number of hydrogen-bond donors (Lipinski definition) is 1. The van der Waals surface area contributed by atoms with Gasteiger partial charge in [-0.15, -0.1) is 0 Å². The lowest BCUT2D eigenvalue weighted by Crippen LogP contribution is -2.17. The van der Waals surface area contributed by atoms with E-state index in [0.717, 1.165) is 11.1 Å². The van der Waals surface area contributed by atoms with Crippen molar-refractivity contribution in [3.63, 3.8) is 0 Å². The summed E-state index contributed by atoms with van der Waals surface area (Å²) in [5.41, 5.74) is 2.36. The summed E-state index contributed by atoms with van der Waals surface area (Å²) in [5.74, 6) is -1.13. The second-order valence-corrected chi connectivity index (χ2v) is 7.72. The highest BCUT2D eigenvalue weighted by atomic mass is 16.6. The first-order chi connectivity index (χ1) is 16.5. The van der Waals surface area contributed by atoms with Gasteiger partial charge in [-0.2, -0.15) is 0 Å². The molecule has 0 heterocycles. The molecule has 178 valence electrons. The number of benzene rings is 3. The molecule has 0 saturated carbocycles. The molecule has 3 aromatic rings. The molecule has 0 fully saturated rings. The van der Waals surface area contributed by atoms with Crippen molar-refractivity contribution in [2.45, 2.75) is 32.7 Å². The summed E-state index contributed by atoms with van der Waals surface area (Å²) < 4.78 is 16.8. The highest BCUT2D eigenvalue weighted by molar-refractivity contribution is 5.66. The van der Waals surface area contributed by atoms with Crippen molar-refractivity contribution in [1.82, 2.24) is 0 Å². The minimum absolute atomic E-state index is 0.130. The first-order valence-corrected chi connectivity index (χ1v) is 10.8. The molecule has 0 aliphatic rings. The first-order valence-electron chi connectivity index (χ1n) is 10.8. The Kier molecular flexibility index (Phi) is 9.13. The minimum Gasteiger partial charge on any atom is -0.488 e. The Labute approximate surface area is 197 Å². The maximum Gasteiger partial charge on any atom is 0.302 e. The average Bonchev–Trinajstić information content (AvgIpc) is 2.84. The molecule has 0 saturated heterocycles. The van der Waals surface area contributed by atoms with E-state index in [0.29, 0.717) is 12.2 Å². The van der Waals surface area contributed by atoms with Crippen molar-refractivity contribution in [3.8, 4) is 5.75 Å². The van der Waals surface area contributed by atoms with Gasteiger partial charge in [0, 0.05) is 13.0 Å². The molecule has 0 amide bonds. The molecule has 0 unspecified atom stereocenters. The summed E-state index contributed by atoms with van der Waals surface area (Å²) in [7, 11) is 0. The zero-order valence-corrected chi connectivity index (χ0v) is 18.9. The number of aliphatic hydroxyl groups is 1. The van der Waals surface area contributed by atoms with Gasteiger partial charge < -0.3 is 19.3 Å². The number of carbonyl (C=O) groups is 1. The van der Waals surface area contributed by atoms with Crippen molar-refractivity contribution in [2.24, 2.45) is 0 Å². The summed E-state index contributed by atoms with van der Waals surface area (Å²) in [6, 6.07) is 22.0. The maximum atomic E-state index is 12.0. The third kappa shape index (κ3) is 7.13. The second kappa shape index (κ2) is 12.5. The van der Waals surface area contributed by atoms with E-state index in [4.69, 9.17) is 14.2 Å². The summed E-state index contributed by atoms with van der Waals surface area (Å²) >= 11 is 0. The van der Waals surface area contributed by atoms with Crippen LogP contribution < -0.4 is 4.74 Å². The number of hydrogen-bond acceptors (Lipinski definition) is 7. The molecular weight excluding hydrogens is 438 g/mol. The predicted octanol–water partition coefficient (Wildman–Crippen LogP) is 4.53. The Morgan fingerprint density at radius 3 is 2.09 bits per heavy atom. The number of nitro groups is 1. The largest absolute Gasteiger partial charge is 0.488 e. The topological polar surface area (TPSA) is 108 Å². The van der Waals surface area contributed by atoms with Crippen LogP contribution in [0.15, 0.2) is 72.8 Å². The Morgan fingerprint density at radius 1 is 0.941 bits per heavy atom. The highest BCUT2D eigenvalue weighted by Crippen LogP contribution is 2.37. The van der Waals surface area contributed by atoms with Crippen LogP contribution in [0.5, 0.6) is 5.75 Å². The van der Waals surface area contributed by atoms with Crippen molar-refractivity contribution >= 4 is 11.7 Å². The van der Waals surface area contributed by atoms with Gasteiger partial charge in [-0.1, -0.05) is 60.7 Å². The fraction of sp³-hybridized carbons (Fsp3) is 0.269.